The van der Waals surface area contributed by atoms with Gasteiger partial charge in [-0.05, 0) is 25.3 Å². The number of nitrogens with zero attached hydrogens (tertiary/aromatic N) is 1. The predicted octanol–water partition coefficient (Wildman–Crippen LogP) is 2.36. The summed E-state index contributed by atoms with van der Waals surface area (Å²) in [6.45, 7) is 2.90. The van der Waals surface area contributed by atoms with Crippen LogP contribution < -0.4 is 5.73 Å². The Morgan fingerprint density at radius 2 is 2.44 bits per heavy atom. The maximum absolute atomic E-state index is 8.81. The molecule has 1 aliphatic heterocycles. The van der Waals surface area contributed by atoms with Gasteiger partial charge < -0.3 is 15.7 Å². The molecule has 0 amide bonds. The summed E-state index contributed by atoms with van der Waals surface area (Å²) < 4.78 is 5.61. The van der Waals surface area contributed by atoms with E-state index < -0.39 is 0 Å². The maximum atomic E-state index is 8.81. The molecule has 2 rings (SSSR count). The van der Waals surface area contributed by atoms with Crippen molar-refractivity contribution in [2.24, 2.45) is 10.9 Å². The zero-order chi connectivity index (χ0) is 13.0. The number of benzene rings is 1. The van der Waals surface area contributed by atoms with Crippen molar-refractivity contribution in [1.82, 2.24) is 0 Å². The molecule has 0 saturated carbocycles. The second-order valence-electron chi connectivity index (χ2n) is 4.38. The van der Waals surface area contributed by atoms with Gasteiger partial charge in [0.1, 0.15) is 0 Å². The molecule has 4 nitrogen and oxygen atoms in total. The zero-order valence-corrected chi connectivity index (χ0v) is 11.2. The van der Waals surface area contributed by atoms with E-state index in [1.54, 1.807) is 11.8 Å². The number of hydrogen-bond donors (Lipinski definition) is 2. The molecular weight excluding hydrogens is 248 g/mol. The van der Waals surface area contributed by atoms with Crippen molar-refractivity contribution >= 4 is 17.6 Å². The third-order valence-corrected chi connectivity index (χ3v) is 4.40. The van der Waals surface area contributed by atoms with Crippen molar-refractivity contribution in [1.29, 1.82) is 0 Å². The number of rotatable bonds is 4. The lowest BCUT2D eigenvalue weighted by atomic mass is 10.1. The first-order chi connectivity index (χ1) is 8.72. The fourth-order valence-electron chi connectivity index (χ4n) is 2.05. The smallest absolute Gasteiger partial charge is 0.171 e. The van der Waals surface area contributed by atoms with Crippen LogP contribution in [-0.4, -0.2) is 29.5 Å². The molecule has 1 fully saturated rings. The summed E-state index contributed by atoms with van der Waals surface area (Å²) in [5.74, 6) is 1.07. The van der Waals surface area contributed by atoms with Gasteiger partial charge in [-0.15, -0.1) is 11.8 Å². The molecule has 1 heterocycles. The van der Waals surface area contributed by atoms with Crippen LogP contribution >= 0.6 is 11.8 Å². The highest BCUT2D eigenvalue weighted by atomic mass is 32.2. The van der Waals surface area contributed by atoms with Crippen LogP contribution in [-0.2, 0) is 4.74 Å². The maximum Gasteiger partial charge on any atom is 0.171 e. The Balaban J connectivity index is 2.14. The van der Waals surface area contributed by atoms with Crippen LogP contribution in [0.4, 0.5) is 0 Å². The summed E-state index contributed by atoms with van der Waals surface area (Å²) in [5, 5.41) is 11.9. The standard InChI is InChI=1S/C13H18N2O2S/c1-9-4-2-6-11(13(14)15-16)12(9)18-8-10-5-3-7-17-10/h2,4,6,10,16H,3,5,7-8H2,1H3,(H2,14,15). The van der Waals surface area contributed by atoms with Crippen molar-refractivity contribution in [3.63, 3.8) is 0 Å². The minimum absolute atomic E-state index is 0.161. The molecule has 1 atom stereocenters. The Kier molecular flexibility index (Phi) is 4.49. The molecule has 3 N–H and O–H groups in total. The molecule has 0 aromatic heterocycles. The molecule has 1 aromatic rings. The monoisotopic (exact) mass is 266 g/mol. The van der Waals surface area contributed by atoms with E-state index in [0.717, 1.165) is 41.2 Å². The third-order valence-electron chi connectivity index (χ3n) is 3.03. The van der Waals surface area contributed by atoms with Gasteiger partial charge in [0, 0.05) is 22.8 Å². The van der Waals surface area contributed by atoms with Gasteiger partial charge in [0.2, 0.25) is 0 Å². The highest BCUT2D eigenvalue weighted by Crippen LogP contribution is 2.29. The van der Waals surface area contributed by atoms with Crippen LogP contribution in [0.15, 0.2) is 28.3 Å². The van der Waals surface area contributed by atoms with E-state index in [-0.39, 0.29) is 5.84 Å². The normalized spacial score (nSPS) is 20.3. The minimum Gasteiger partial charge on any atom is -0.409 e. The lowest BCUT2D eigenvalue weighted by Gasteiger charge is -2.13. The number of nitrogens with two attached hydrogens (primary N) is 1. The molecule has 1 unspecified atom stereocenters. The molecule has 1 saturated heterocycles. The molecule has 0 radical (unpaired) electrons. The van der Waals surface area contributed by atoms with Gasteiger partial charge in [0.15, 0.2) is 5.84 Å². The van der Waals surface area contributed by atoms with E-state index in [4.69, 9.17) is 15.7 Å². The zero-order valence-electron chi connectivity index (χ0n) is 10.4. The average molecular weight is 266 g/mol. The Hall–Kier alpha value is -1.20. The number of oxime groups is 1. The predicted molar refractivity (Wildman–Crippen MR) is 73.4 cm³/mol. The van der Waals surface area contributed by atoms with E-state index in [9.17, 15) is 0 Å². The second-order valence-corrected chi connectivity index (χ2v) is 5.41. The summed E-state index contributed by atoms with van der Waals surface area (Å²) in [5.41, 5.74) is 7.64. The lowest BCUT2D eigenvalue weighted by Crippen LogP contribution is -2.15. The van der Waals surface area contributed by atoms with E-state index in [1.807, 2.05) is 25.1 Å². The fraction of sp³-hybridized carbons (Fsp3) is 0.462. The summed E-state index contributed by atoms with van der Waals surface area (Å²) >= 11 is 1.72. The quantitative estimate of drug-likeness (QED) is 0.289. The average Bonchev–Trinajstić information content (AvgIpc) is 2.89. The van der Waals surface area contributed by atoms with Crippen LogP contribution in [0.1, 0.15) is 24.0 Å². The Labute approximate surface area is 111 Å². The van der Waals surface area contributed by atoms with Crippen LogP contribution in [0.25, 0.3) is 0 Å². The first-order valence-corrected chi connectivity index (χ1v) is 7.03. The molecule has 0 aliphatic carbocycles. The van der Waals surface area contributed by atoms with Crippen LogP contribution in [0, 0.1) is 6.92 Å². The summed E-state index contributed by atoms with van der Waals surface area (Å²) in [4.78, 5) is 1.07. The third kappa shape index (κ3) is 2.97. The van der Waals surface area contributed by atoms with Gasteiger partial charge in [-0.1, -0.05) is 23.4 Å². The van der Waals surface area contributed by atoms with E-state index in [0.29, 0.717) is 6.10 Å². The van der Waals surface area contributed by atoms with Gasteiger partial charge >= 0.3 is 0 Å². The SMILES string of the molecule is Cc1cccc(/C(N)=N/O)c1SCC1CCCO1. The first-order valence-electron chi connectivity index (χ1n) is 6.04. The molecule has 1 aliphatic rings. The molecule has 98 valence electrons. The van der Waals surface area contributed by atoms with Crippen LogP contribution in [0.3, 0.4) is 0 Å². The van der Waals surface area contributed by atoms with Gasteiger partial charge in [-0.25, -0.2) is 0 Å². The number of hydrogen-bond acceptors (Lipinski definition) is 4. The number of aryl methyl sites for hydroxylation is 1. The molecule has 1 aromatic carbocycles. The lowest BCUT2D eigenvalue weighted by molar-refractivity contribution is 0.129. The van der Waals surface area contributed by atoms with Crippen molar-refractivity contribution in [2.75, 3.05) is 12.4 Å². The highest BCUT2D eigenvalue weighted by molar-refractivity contribution is 7.99. The van der Waals surface area contributed by atoms with E-state index in [2.05, 4.69) is 5.16 Å². The summed E-state index contributed by atoms with van der Waals surface area (Å²) in [7, 11) is 0. The molecular formula is C13H18N2O2S. The van der Waals surface area contributed by atoms with Crippen molar-refractivity contribution < 1.29 is 9.94 Å². The Morgan fingerprint density at radius 1 is 1.61 bits per heavy atom. The number of amidine groups is 1. The molecule has 5 heteroatoms. The molecule has 0 bridgehead atoms. The van der Waals surface area contributed by atoms with Gasteiger partial charge in [0.25, 0.3) is 0 Å². The van der Waals surface area contributed by atoms with Crippen molar-refractivity contribution in [3.8, 4) is 0 Å². The van der Waals surface area contributed by atoms with Crippen LogP contribution in [0.2, 0.25) is 0 Å². The Morgan fingerprint density at radius 3 is 3.11 bits per heavy atom. The minimum atomic E-state index is 0.161. The highest BCUT2D eigenvalue weighted by Gasteiger charge is 2.17. The van der Waals surface area contributed by atoms with Crippen LogP contribution in [0.5, 0.6) is 0 Å². The molecule has 18 heavy (non-hydrogen) atoms. The van der Waals surface area contributed by atoms with Crippen molar-refractivity contribution in [2.45, 2.75) is 30.8 Å². The fourth-order valence-corrected chi connectivity index (χ4v) is 3.29. The number of thioether (sulfide) groups is 1. The largest absolute Gasteiger partial charge is 0.409 e. The van der Waals surface area contributed by atoms with Gasteiger partial charge in [-0.2, -0.15) is 0 Å². The second kappa shape index (κ2) is 6.11. The van der Waals surface area contributed by atoms with Gasteiger partial charge in [-0.3, -0.25) is 0 Å². The summed E-state index contributed by atoms with van der Waals surface area (Å²) in [6.07, 6.45) is 2.60. The first kappa shape index (κ1) is 13.2. The number of ether oxygens (including phenoxy) is 1. The van der Waals surface area contributed by atoms with E-state index >= 15 is 0 Å². The summed E-state index contributed by atoms with van der Waals surface area (Å²) in [6, 6.07) is 5.82. The van der Waals surface area contributed by atoms with Gasteiger partial charge in [0.05, 0.1) is 6.10 Å². The Bertz CT molecular complexity index is 443. The molecule has 0 spiro atoms. The van der Waals surface area contributed by atoms with E-state index in [1.165, 1.54) is 0 Å². The van der Waals surface area contributed by atoms with Crippen molar-refractivity contribution in [3.05, 3.63) is 29.3 Å². The topological polar surface area (TPSA) is 67.8 Å².